The second-order valence-electron chi connectivity index (χ2n) is 10.2. The highest BCUT2D eigenvalue weighted by atomic mass is 16.7. The van der Waals surface area contributed by atoms with E-state index < -0.39 is 40.2 Å². The molecule has 0 aromatic rings. The lowest BCUT2D eigenvalue weighted by Gasteiger charge is -2.51. The van der Waals surface area contributed by atoms with Crippen LogP contribution in [0.15, 0.2) is 24.3 Å². The molecule has 0 aromatic heterocycles. The van der Waals surface area contributed by atoms with Crippen LogP contribution in [-0.2, 0) is 28.7 Å². The van der Waals surface area contributed by atoms with Gasteiger partial charge in [-0.25, -0.2) is 0 Å². The maximum Gasteiger partial charge on any atom is 0.191 e. The van der Waals surface area contributed by atoms with Crippen LogP contribution in [0.25, 0.3) is 0 Å². The lowest BCUT2D eigenvalue weighted by Crippen LogP contribution is -2.65. The molecule has 0 N–H and O–H groups in total. The number of hydrogen-bond acceptors (Lipinski definition) is 6. The van der Waals surface area contributed by atoms with Gasteiger partial charge in [0.1, 0.15) is 0 Å². The molecule has 6 nitrogen and oxygen atoms in total. The lowest BCUT2D eigenvalue weighted by molar-refractivity contribution is -0.143. The van der Waals surface area contributed by atoms with E-state index in [9.17, 15) is 19.2 Å². The van der Waals surface area contributed by atoms with Crippen molar-refractivity contribution in [2.75, 3.05) is 0 Å². The predicted octanol–water partition coefficient (Wildman–Crippen LogP) is 2.25. The zero-order valence-electron chi connectivity index (χ0n) is 18.2. The monoisotopic (exact) mass is 412 g/mol. The zero-order chi connectivity index (χ0) is 22.0. The van der Waals surface area contributed by atoms with E-state index >= 15 is 0 Å². The minimum absolute atomic E-state index is 0.0899. The number of ketones is 4. The smallest absolute Gasteiger partial charge is 0.191 e. The van der Waals surface area contributed by atoms with Crippen LogP contribution >= 0.6 is 0 Å². The summed E-state index contributed by atoms with van der Waals surface area (Å²) in [4.78, 5) is 52.5. The molecule has 160 valence electrons. The molecule has 2 spiro atoms. The Labute approximate surface area is 176 Å². The average Bonchev–Trinajstić information content (AvgIpc) is 3.54. The SMILES string of the molecule is CC(=O)[C@]1(C(C)C)OC12C(=O)C1C=CC2C2C1C=CC(=O)[C@]21O[C@]1(C(C)=O)C(C)C. The number of allylic oxidation sites excluding steroid dienone is 2. The van der Waals surface area contributed by atoms with Crippen LogP contribution in [0.4, 0.5) is 0 Å². The number of hydrogen-bond donors (Lipinski definition) is 0. The van der Waals surface area contributed by atoms with Crippen LogP contribution in [0.5, 0.6) is 0 Å². The highest BCUT2D eigenvalue weighted by Crippen LogP contribution is 2.73. The van der Waals surface area contributed by atoms with Crippen molar-refractivity contribution in [3.63, 3.8) is 0 Å². The number of carbonyl (C=O) groups excluding carboxylic acids is 4. The number of carbonyl (C=O) groups is 4. The molecule has 8 atom stereocenters. The first-order valence-electron chi connectivity index (χ1n) is 10.8. The molecule has 2 aliphatic heterocycles. The van der Waals surface area contributed by atoms with Gasteiger partial charge in [0.25, 0.3) is 0 Å². The minimum atomic E-state index is -1.31. The van der Waals surface area contributed by atoms with Crippen LogP contribution in [0.3, 0.4) is 0 Å². The first kappa shape index (κ1) is 20.0. The van der Waals surface area contributed by atoms with E-state index in [0.29, 0.717) is 0 Å². The third-order valence-corrected chi connectivity index (χ3v) is 8.52. The quantitative estimate of drug-likeness (QED) is 0.519. The fourth-order valence-electron chi connectivity index (χ4n) is 7.39. The van der Waals surface area contributed by atoms with E-state index in [0.717, 1.165) is 0 Å². The average molecular weight is 412 g/mol. The Balaban J connectivity index is 1.71. The molecule has 0 amide bonds. The van der Waals surface area contributed by atoms with Crippen LogP contribution in [0.2, 0.25) is 0 Å². The Morgan fingerprint density at radius 2 is 1.40 bits per heavy atom. The molecule has 3 fully saturated rings. The number of ether oxygens (including phenoxy) is 2. The van der Waals surface area contributed by atoms with E-state index in [1.54, 1.807) is 6.08 Å². The molecule has 1 saturated carbocycles. The summed E-state index contributed by atoms with van der Waals surface area (Å²) in [7, 11) is 0. The van der Waals surface area contributed by atoms with Gasteiger partial charge in [0.05, 0.1) is 0 Å². The first-order chi connectivity index (χ1) is 14.0. The summed E-state index contributed by atoms with van der Waals surface area (Å²) in [5.41, 5.74) is -4.99. The Bertz CT molecular complexity index is 974. The molecule has 6 rings (SSSR count). The third kappa shape index (κ3) is 1.71. The minimum Gasteiger partial charge on any atom is -0.345 e. The largest absolute Gasteiger partial charge is 0.345 e. The number of epoxide rings is 2. The predicted molar refractivity (Wildman–Crippen MR) is 106 cm³/mol. The number of rotatable bonds is 4. The second-order valence-corrected chi connectivity index (χ2v) is 10.2. The highest BCUT2D eigenvalue weighted by molar-refractivity contribution is 6.12. The Hall–Kier alpha value is -1.92. The molecule has 0 radical (unpaired) electrons. The van der Waals surface area contributed by atoms with Crippen LogP contribution in [0, 0.1) is 35.5 Å². The standard InChI is InChI=1S/C24H28O6/c1-11(2)21(13(5)25)23(29-21)17-9-7-16(20(23)28)15-8-10-18(27)24(19(15)17)22(30-24,12(3)4)14(6)26/h7-12,15-17,19H,1-6H3/t15?,16?,17?,19?,21-,22-,23?,24-/m0/s1. The number of Topliss-reactive ketones (excluding diaryl/α,β-unsaturated/α-hetero) is 3. The highest BCUT2D eigenvalue weighted by Gasteiger charge is 2.90. The van der Waals surface area contributed by atoms with Crippen molar-refractivity contribution in [2.45, 2.75) is 63.9 Å². The molecule has 30 heavy (non-hydrogen) atoms. The summed E-state index contributed by atoms with van der Waals surface area (Å²) in [6.07, 6.45) is 7.09. The van der Waals surface area contributed by atoms with Gasteiger partial charge < -0.3 is 9.47 Å². The Kier molecular flexibility index (Phi) is 3.64. The van der Waals surface area contributed by atoms with Crippen molar-refractivity contribution in [3.8, 4) is 0 Å². The van der Waals surface area contributed by atoms with Crippen LogP contribution in [-0.4, -0.2) is 45.5 Å². The van der Waals surface area contributed by atoms with Gasteiger partial charge in [0.2, 0.25) is 0 Å². The summed E-state index contributed by atoms with van der Waals surface area (Å²) in [5, 5.41) is 0. The van der Waals surface area contributed by atoms with Gasteiger partial charge in [-0.15, -0.1) is 0 Å². The summed E-state index contributed by atoms with van der Waals surface area (Å²) in [5.74, 6) is -2.74. The molecule has 4 aliphatic carbocycles. The Morgan fingerprint density at radius 3 is 1.87 bits per heavy atom. The van der Waals surface area contributed by atoms with Crippen molar-refractivity contribution >= 4 is 23.1 Å². The van der Waals surface area contributed by atoms with E-state index in [1.165, 1.54) is 19.9 Å². The van der Waals surface area contributed by atoms with Gasteiger partial charge >= 0.3 is 0 Å². The van der Waals surface area contributed by atoms with Crippen molar-refractivity contribution in [1.82, 2.24) is 0 Å². The molecule has 2 heterocycles. The molecule has 0 aromatic carbocycles. The van der Waals surface area contributed by atoms with Gasteiger partial charge in [-0.2, -0.15) is 0 Å². The van der Waals surface area contributed by atoms with Crippen LogP contribution < -0.4 is 0 Å². The third-order valence-electron chi connectivity index (χ3n) is 8.52. The molecule has 6 aliphatic rings. The molecule has 6 heteroatoms. The summed E-state index contributed by atoms with van der Waals surface area (Å²) in [6, 6.07) is 0. The first-order valence-corrected chi connectivity index (χ1v) is 10.8. The lowest BCUT2D eigenvalue weighted by atomic mass is 9.47. The molecular weight excluding hydrogens is 384 g/mol. The van der Waals surface area contributed by atoms with Gasteiger partial charge in [-0.05, 0) is 37.7 Å². The van der Waals surface area contributed by atoms with E-state index in [4.69, 9.17) is 9.47 Å². The van der Waals surface area contributed by atoms with Gasteiger partial charge in [-0.1, -0.05) is 45.9 Å². The maximum absolute atomic E-state index is 13.6. The van der Waals surface area contributed by atoms with Crippen molar-refractivity contribution in [2.24, 2.45) is 35.5 Å². The molecule has 5 unspecified atom stereocenters. The Morgan fingerprint density at radius 1 is 0.867 bits per heavy atom. The summed E-state index contributed by atoms with van der Waals surface area (Å²) < 4.78 is 12.4. The van der Waals surface area contributed by atoms with E-state index in [-0.39, 0.29) is 40.9 Å². The van der Waals surface area contributed by atoms with Crippen LogP contribution in [0.1, 0.15) is 41.5 Å². The van der Waals surface area contributed by atoms with E-state index in [2.05, 4.69) is 0 Å². The second kappa shape index (κ2) is 5.46. The van der Waals surface area contributed by atoms with Gasteiger partial charge in [0, 0.05) is 17.8 Å². The fraction of sp³-hybridized carbons (Fsp3) is 0.667. The fourth-order valence-corrected chi connectivity index (χ4v) is 7.39. The van der Waals surface area contributed by atoms with Crippen molar-refractivity contribution in [1.29, 1.82) is 0 Å². The molecule has 2 saturated heterocycles. The van der Waals surface area contributed by atoms with E-state index in [1.807, 2.05) is 39.8 Å². The van der Waals surface area contributed by atoms with Crippen molar-refractivity contribution < 1.29 is 28.7 Å². The maximum atomic E-state index is 13.6. The van der Waals surface area contributed by atoms with Crippen molar-refractivity contribution in [3.05, 3.63) is 24.3 Å². The summed E-state index contributed by atoms with van der Waals surface area (Å²) in [6.45, 7) is 10.5. The zero-order valence-corrected chi connectivity index (χ0v) is 18.2. The summed E-state index contributed by atoms with van der Waals surface area (Å²) >= 11 is 0. The molecule has 2 bridgehead atoms. The van der Waals surface area contributed by atoms with Gasteiger partial charge in [-0.3, -0.25) is 19.2 Å². The normalized spacial score (nSPS) is 50.0. The molecular formula is C24H28O6. The topological polar surface area (TPSA) is 93.3 Å². The van der Waals surface area contributed by atoms with Gasteiger partial charge in [0.15, 0.2) is 45.5 Å².